The van der Waals surface area contributed by atoms with Gasteiger partial charge in [-0.25, -0.2) is 9.18 Å². The zero-order valence-electron chi connectivity index (χ0n) is 12.0. The molecule has 1 saturated heterocycles. The fraction of sp³-hybridized carbons (Fsp3) is 0.692. The van der Waals surface area contributed by atoms with Crippen LogP contribution in [0.4, 0.5) is 10.2 Å². The number of anilines is 1. The molecule has 0 aromatic carbocycles. The van der Waals surface area contributed by atoms with Crippen molar-refractivity contribution >= 4 is 5.82 Å². The first kappa shape index (κ1) is 15.9. The number of rotatable bonds is 5. The average Bonchev–Trinajstić information content (AvgIpc) is 2.66. The van der Waals surface area contributed by atoms with Crippen LogP contribution < -0.4 is 11.4 Å². The van der Waals surface area contributed by atoms with Gasteiger partial charge in [0, 0.05) is 13.3 Å². The van der Waals surface area contributed by atoms with Crippen LogP contribution in [-0.4, -0.2) is 46.3 Å². The number of aliphatic hydroxyl groups is 1. The van der Waals surface area contributed by atoms with Gasteiger partial charge in [-0.3, -0.25) is 4.57 Å². The standard InChI is InChI=1S/C13H20FN3O4/c1-3-5-13(7-20-2)10(18)9(14)11(21-13)17-6-4-8(15)16-12(17)19/h4,6,9-11,18H,3,5,7H2,1-2H3,(H2,15,16,19). The summed E-state index contributed by atoms with van der Waals surface area (Å²) in [6.07, 6.45) is -1.99. The minimum absolute atomic E-state index is 0.0378. The Balaban J connectivity index is 2.36. The van der Waals surface area contributed by atoms with Crippen LogP contribution in [-0.2, 0) is 9.47 Å². The molecule has 1 fully saturated rings. The predicted octanol–water partition coefficient (Wildman–Crippen LogP) is 0.239. The van der Waals surface area contributed by atoms with Crippen LogP contribution in [0.2, 0.25) is 0 Å². The minimum atomic E-state index is -1.75. The Kier molecular flexibility index (Phi) is 4.60. The molecule has 0 bridgehead atoms. The maximum absolute atomic E-state index is 14.4. The first-order chi connectivity index (χ1) is 9.95. The van der Waals surface area contributed by atoms with Gasteiger partial charge >= 0.3 is 5.69 Å². The summed E-state index contributed by atoms with van der Waals surface area (Å²) in [4.78, 5) is 15.4. The normalized spacial score (nSPS) is 32.5. The van der Waals surface area contributed by atoms with Crippen molar-refractivity contribution < 1.29 is 19.0 Å². The SMILES string of the molecule is CCCC1(COC)OC(n2ccc(N)nc2=O)C(F)C1O. The fourth-order valence-corrected chi connectivity index (χ4v) is 2.72. The predicted molar refractivity (Wildman–Crippen MR) is 73.4 cm³/mol. The van der Waals surface area contributed by atoms with Crippen LogP contribution in [0.5, 0.6) is 0 Å². The van der Waals surface area contributed by atoms with Gasteiger partial charge in [0.1, 0.15) is 17.5 Å². The molecule has 4 unspecified atom stereocenters. The lowest BCUT2D eigenvalue weighted by atomic mass is 9.91. The Morgan fingerprint density at radius 2 is 2.38 bits per heavy atom. The van der Waals surface area contributed by atoms with Gasteiger partial charge in [-0.15, -0.1) is 0 Å². The lowest BCUT2D eigenvalue weighted by Gasteiger charge is -2.30. The van der Waals surface area contributed by atoms with Gasteiger partial charge in [-0.2, -0.15) is 4.98 Å². The smallest absolute Gasteiger partial charge is 0.351 e. The monoisotopic (exact) mass is 301 g/mol. The second kappa shape index (κ2) is 6.08. The molecule has 8 heteroatoms. The highest BCUT2D eigenvalue weighted by Gasteiger charge is 2.55. The number of hydrogen-bond donors (Lipinski definition) is 2. The summed E-state index contributed by atoms with van der Waals surface area (Å²) in [5, 5.41) is 10.2. The van der Waals surface area contributed by atoms with E-state index in [0.717, 1.165) is 4.57 Å². The van der Waals surface area contributed by atoms with E-state index in [2.05, 4.69) is 4.98 Å². The lowest BCUT2D eigenvalue weighted by molar-refractivity contribution is -0.139. The molecule has 0 radical (unpaired) electrons. The first-order valence-electron chi connectivity index (χ1n) is 6.78. The largest absolute Gasteiger partial charge is 0.387 e. The highest BCUT2D eigenvalue weighted by Crippen LogP contribution is 2.41. The molecule has 118 valence electrons. The molecule has 0 saturated carbocycles. The molecule has 0 amide bonds. The van der Waals surface area contributed by atoms with Crippen molar-refractivity contribution in [2.75, 3.05) is 19.5 Å². The fourth-order valence-electron chi connectivity index (χ4n) is 2.72. The van der Waals surface area contributed by atoms with Crippen LogP contribution in [0.25, 0.3) is 0 Å². The lowest BCUT2D eigenvalue weighted by Crippen LogP contribution is -2.45. The van der Waals surface area contributed by atoms with E-state index in [0.29, 0.717) is 12.8 Å². The van der Waals surface area contributed by atoms with Crippen molar-refractivity contribution in [1.29, 1.82) is 0 Å². The van der Waals surface area contributed by atoms with Crippen LogP contribution in [0, 0.1) is 0 Å². The van der Waals surface area contributed by atoms with Crippen LogP contribution >= 0.6 is 0 Å². The highest BCUT2D eigenvalue weighted by molar-refractivity contribution is 5.23. The Morgan fingerprint density at radius 1 is 1.67 bits per heavy atom. The van der Waals surface area contributed by atoms with E-state index in [1.165, 1.54) is 19.4 Å². The molecule has 3 N–H and O–H groups in total. The van der Waals surface area contributed by atoms with Gasteiger partial charge in [0.05, 0.1) is 6.61 Å². The Labute approximate surface area is 121 Å². The number of hydrogen-bond acceptors (Lipinski definition) is 6. The summed E-state index contributed by atoms with van der Waals surface area (Å²) in [7, 11) is 1.45. The highest BCUT2D eigenvalue weighted by atomic mass is 19.1. The third-order valence-corrected chi connectivity index (χ3v) is 3.66. The quantitative estimate of drug-likeness (QED) is 0.808. The summed E-state index contributed by atoms with van der Waals surface area (Å²) in [6, 6.07) is 1.38. The molecular formula is C13H20FN3O4. The van der Waals surface area contributed by atoms with Crippen molar-refractivity contribution in [1.82, 2.24) is 9.55 Å². The van der Waals surface area contributed by atoms with Gasteiger partial charge in [0.15, 0.2) is 12.4 Å². The number of halogens is 1. The number of methoxy groups -OCH3 is 1. The number of nitrogen functional groups attached to an aromatic ring is 1. The molecule has 2 heterocycles. The van der Waals surface area contributed by atoms with Crippen LogP contribution in [0.3, 0.4) is 0 Å². The molecule has 4 atom stereocenters. The second-order valence-electron chi connectivity index (χ2n) is 5.19. The Morgan fingerprint density at radius 3 is 2.95 bits per heavy atom. The molecule has 7 nitrogen and oxygen atoms in total. The van der Waals surface area contributed by atoms with Crippen molar-refractivity contribution in [3.63, 3.8) is 0 Å². The minimum Gasteiger partial charge on any atom is -0.387 e. The number of nitrogens with zero attached hydrogens (tertiary/aromatic N) is 2. The van der Waals surface area contributed by atoms with Crippen LogP contribution in [0.1, 0.15) is 26.0 Å². The zero-order chi connectivity index (χ0) is 15.6. The molecule has 2 rings (SSSR count). The summed E-state index contributed by atoms with van der Waals surface area (Å²) < 4.78 is 26.2. The summed E-state index contributed by atoms with van der Waals surface area (Å²) in [5.74, 6) is 0.0434. The van der Waals surface area contributed by atoms with E-state index in [4.69, 9.17) is 15.2 Å². The molecule has 1 aliphatic heterocycles. The Bertz CT molecular complexity index is 544. The van der Waals surface area contributed by atoms with E-state index >= 15 is 0 Å². The van der Waals surface area contributed by atoms with E-state index in [-0.39, 0.29) is 12.4 Å². The van der Waals surface area contributed by atoms with Gasteiger partial charge in [0.25, 0.3) is 0 Å². The third kappa shape index (κ3) is 2.78. The molecular weight excluding hydrogens is 281 g/mol. The molecule has 1 aromatic heterocycles. The van der Waals surface area contributed by atoms with Crippen molar-refractivity contribution in [3.8, 4) is 0 Å². The molecule has 0 aliphatic carbocycles. The van der Waals surface area contributed by atoms with Crippen LogP contribution in [0.15, 0.2) is 17.1 Å². The van der Waals surface area contributed by atoms with Gasteiger partial charge in [-0.05, 0) is 12.5 Å². The van der Waals surface area contributed by atoms with E-state index in [9.17, 15) is 14.3 Å². The van der Waals surface area contributed by atoms with Crippen molar-refractivity contribution in [2.45, 2.75) is 43.9 Å². The van der Waals surface area contributed by atoms with Gasteiger partial charge in [0.2, 0.25) is 0 Å². The molecule has 21 heavy (non-hydrogen) atoms. The first-order valence-corrected chi connectivity index (χ1v) is 6.78. The van der Waals surface area contributed by atoms with Crippen molar-refractivity contribution in [2.24, 2.45) is 0 Å². The molecule has 1 aliphatic rings. The zero-order valence-corrected chi connectivity index (χ0v) is 12.0. The second-order valence-corrected chi connectivity index (χ2v) is 5.19. The van der Waals surface area contributed by atoms with E-state index in [1.54, 1.807) is 0 Å². The van der Waals surface area contributed by atoms with E-state index < -0.39 is 29.8 Å². The molecule has 1 aromatic rings. The van der Waals surface area contributed by atoms with Gasteiger partial charge in [-0.1, -0.05) is 13.3 Å². The Hall–Kier alpha value is -1.51. The maximum Gasteiger partial charge on any atom is 0.351 e. The number of ether oxygens (including phenoxy) is 2. The number of nitrogens with two attached hydrogens (primary N) is 1. The average molecular weight is 301 g/mol. The molecule has 0 spiro atoms. The summed E-state index contributed by atoms with van der Waals surface area (Å²) in [6.45, 7) is 1.93. The number of aromatic nitrogens is 2. The number of aliphatic hydroxyl groups excluding tert-OH is 1. The number of alkyl halides is 1. The summed E-state index contributed by atoms with van der Waals surface area (Å²) >= 11 is 0. The third-order valence-electron chi connectivity index (χ3n) is 3.66. The maximum atomic E-state index is 14.4. The summed E-state index contributed by atoms with van der Waals surface area (Å²) in [5.41, 5.74) is 3.51. The topological polar surface area (TPSA) is 99.6 Å². The van der Waals surface area contributed by atoms with E-state index in [1.807, 2.05) is 6.92 Å². The van der Waals surface area contributed by atoms with Gasteiger partial charge < -0.3 is 20.3 Å². The van der Waals surface area contributed by atoms with Crippen molar-refractivity contribution in [3.05, 3.63) is 22.7 Å².